The Hall–Kier alpha value is -3.40. The van der Waals surface area contributed by atoms with Gasteiger partial charge >= 0.3 is 0 Å². The summed E-state index contributed by atoms with van der Waals surface area (Å²) in [5, 5.41) is 5.31. The molecular weight excluding hydrogens is 504 g/mol. The number of anilines is 1. The van der Waals surface area contributed by atoms with E-state index in [0.717, 1.165) is 50.2 Å². The number of fused-ring (bicyclic) bond motifs is 3. The zero-order chi connectivity index (χ0) is 26.1. The second-order valence-electron chi connectivity index (χ2n) is 10.4. The zero-order valence-electron chi connectivity index (χ0n) is 21.4. The van der Waals surface area contributed by atoms with E-state index in [9.17, 15) is 9.59 Å². The van der Waals surface area contributed by atoms with Gasteiger partial charge in [0.1, 0.15) is 5.84 Å². The molecule has 1 N–H and O–H groups in total. The summed E-state index contributed by atoms with van der Waals surface area (Å²) in [5.74, 6) is 1.81. The van der Waals surface area contributed by atoms with Crippen LogP contribution in [0.4, 0.5) is 5.95 Å². The normalized spacial score (nSPS) is 25.0. The Morgan fingerprint density at radius 1 is 1.03 bits per heavy atom. The van der Waals surface area contributed by atoms with Crippen LogP contribution in [0.3, 0.4) is 0 Å². The number of hydrogen-bond acceptors (Lipinski definition) is 8. The van der Waals surface area contributed by atoms with E-state index in [0.29, 0.717) is 43.4 Å². The largest absolute Gasteiger partial charge is 0.339 e. The van der Waals surface area contributed by atoms with Gasteiger partial charge in [-0.3, -0.25) is 19.9 Å². The molecule has 200 valence electrons. The van der Waals surface area contributed by atoms with E-state index in [-0.39, 0.29) is 30.1 Å². The van der Waals surface area contributed by atoms with Crippen LogP contribution in [-0.2, 0) is 16.1 Å². The highest BCUT2D eigenvalue weighted by molar-refractivity contribution is 6.31. The Morgan fingerprint density at radius 3 is 2.58 bits per heavy atom. The van der Waals surface area contributed by atoms with Crippen LogP contribution in [0.5, 0.6) is 0 Å². The molecule has 0 spiro atoms. The molecule has 0 bridgehead atoms. The van der Waals surface area contributed by atoms with Gasteiger partial charge in [0, 0.05) is 62.5 Å². The fourth-order valence-corrected chi connectivity index (χ4v) is 6.39. The molecule has 1 saturated carbocycles. The summed E-state index contributed by atoms with van der Waals surface area (Å²) in [6.45, 7) is 3.16. The molecule has 1 aromatic carbocycles. The average Bonchev–Trinajstić information content (AvgIpc) is 3.39. The molecule has 4 aliphatic rings. The van der Waals surface area contributed by atoms with E-state index < -0.39 is 0 Å². The first-order chi connectivity index (χ1) is 18.6. The third-order valence-electron chi connectivity index (χ3n) is 8.18. The molecule has 1 aliphatic carbocycles. The minimum Gasteiger partial charge on any atom is -0.339 e. The van der Waals surface area contributed by atoms with Crippen molar-refractivity contribution >= 4 is 35.2 Å². The number of amidine groups is 1. The fraction of sp³-hybridized carbons (Fsp3) is 0.519. The third kappa shape index (κ3) is 4.77. The summed E-state index contributed by atoms with van der Waals surface area (Å²) in [4.78, 5) is 43.6. The first kappa shape index (κ1) is 24.9. The molecule has 3 aliphatic heterocycles. The quantitative estimate of drug-likeness (QED) is 0.606. The van der Waals surface area contributed by atoms with Gasteiger partial charge in [0.15, 0.2) is 6.29 Å². The minimum absolute atomic E-state index is 0.0587. The van der Waals surface area contributed by atoms with Crippen molar-refractivity contribution in [3.8, 4) is 0 Å². The highest BCUT2D eigenvalue weighted by atomic mass is 35.5. The SMILES string of the molecule is O=C(CCC1=NNC2N(Cc3ccccc3Cl)C(=O)C3CCCCC3N12)N1CCN(c2ncccn2)CC1. The van der Waals surface area contributed by atoms with Crippen LogP contribution in [0, 0.1) is 5.92 Å². The smallest absolute Gasteiger partial charge is 0.231 e. The van der Waals surface area contributed by atoms with Gasteiger partial charge < -0.3 is 14.7 Å². The molecule has 2 aromatic rings. The molecular formula is C27H33ClN8O2. The monoisotopic (exact) mass is 536 g/mol. The van der Waals surface area contributed by atoms with Gasteiger partial charge in [0.2, 0.25) is 17.8 Å². The van der Waals surface area contributed by atoms with Crippen LogP contribution in [0.25, 0.3) is 0 Å². The highest BCUT2D eigenvalue weighted by Gasteiger charge is 2.50. The van der Waals surface area contributed by atoms with Crippen molar-refractivity contribution in [2.75, 3.05) is 31.1 Å². The maximum Gasteiger partial charge on any atom is 0.231 e. The molecule has 11 heteroatoms. The zero-order valence-corrected chi connectivity index (χ0v) is 22.1. The Bertz CT molecular complexity index is 1200. The van der Waals surface area contributed by atoms with Crippen LogP contribution in [0.1, 0.15) is 44.1 Å². The second-order valence-corrected chi connectivity index (χ2v) is 10.8. The van der Waals surface area contributed by atoms with Crippen LogP contribution in [0.2, 0.25) is 5.02 Å². The molecule has 2 amide bonds. The number of nitrogens with zero attached hydrogens (tertiary/aromatic N) is 7. The van der Waals surface area contributed by atoms with Crippen molar-refractivity contribution in [2.45, 2.75) is 57.4 Å². The van der Waals surface area contributed by atoms with E-state index >= 15 is 0 Å². The number of hydrazone groups is 1. The minimum atomic E-state index is -0.349. The summed E-state index contributed by atoms with van der Waals surface area (Å²) in [7, 11) is 0. The molecule has 1 aromatic heterocycles. The Kier molecular flexibility index (Phi) is 7.06. The molecule has 6 rings (SSSR count). The molecule has 2 saturated heterocycles. The maximum atomic E-state index is 13.6. The van der Waals surface area contributed by atoms with Gasteiger partial charge in [-0.05, 0) is 30.5 Å². The Balaban J connectivity index is 1.11. The third-order valence-corrected chi connectivity index (χ3v) is 8.55. The lowest BCUT2D eigenvalue weighted by molar-refractivity contribution is -0.156. The van der Waals surface area contributed by atoms with E-state index in [1.54, 1.807) is 18.5 Å². The molecule has 4 heterocycles. The number of piperazine rings is 1. The molecule has 3 atom stereocenters. The highest BCUT2D eigenvalue weighted by Crippen LogP contribution is 2.38. The lowest BCUT2D eigenvalue weighted by atomic mass is 9.80. The summed E-state index contributed by atoms with van der Waals surface area (Å²) in [5.41, 5.74) is 4.14. The van der Waals surface area contributed by atoms with E-state index in [2.05, 4.69) is 30.3 Å². The predicted molar refractivity (Wildman–Crippen MR) is 144 cm³/mol. The first-order valence-corrected chi connectivity index (χ1v) is 13.9. The Morgan fingerprint density at radius 2 is 1.79 bits per heavy atom. The molecule has 3 unspecified atom stereocenters. The second kappa shape index (κ2) is 10.8. The van der Waals surface area contributed by atoms with Crippen molar-refractivity contribution in [3.63, 3.8) is 0 Å². The van der Waals surface area contributed by atoms with E-state index in [1.807, 2.05) is 34.1 Å². The molecule has 38 heavy (non-hydrogen) atoms. The number of rotatable bonds is 6. The van der Waals surface area contributed by atoms with Gasteiger partial charge in [-0.15, -0.1) is 0 Å². The molecule has 3 fully saturated rings. The molecule has 0 radical (unpaired) electrons. The number of amides is 2. The molecule has 10 nitrogen and oxygen atoms in total. The number of carbonyl (C=O) groups is 2. The number of nitrogens with one attached hydrogen (secondary N) is 1. The summed E-state index contributed by atoms with van der Waals surface area (Å²) in [6.07, 6.45) is 8.07. The lowest BCUT2D eigenvalue weighted by Gasteiger charge is -2.50. The number of aromatic nitrogens is 2. The summed E-state index contributed by atoms with van der Waals surface area (Å²) < 4.78 is 0. The first-order valence-electron chi connectivity index (χ1n) is 13.5. The van der Waals surface area contributed by atoms with Gasteiger partial charge in [0.05, 0.1) is 12.5 Å². The lowest BCUT2D eigenvalue weighted by Crippen LogP contribution is -2.67. The van der Waals surface area contributed by atoms with E-state index in [4.69, 9.17) is 11.6 Å². The standard InChI is InChI=1S/C27H33ClN8O2/c28-21-8-3-1-6-19(21)18-35-25(38)20-7-2-4-9-22(20)36-23(31-32-27(35)36)10-11-24(37)33-14-16-34(17-15-33)26-29-12-5-13-30-26/h1,3,5-6,8,12-13,20,22,27,32H,2,4,7,9-11,14-18H2. The van der Waals surface area contributed by atoms with Crippen molar-refractivity contribution in [1.29, 1.82) is 0 Å². The van der Waals surface area contributed by atoms with Crippen molar-refractivity contribution in [3.05, 3.63) is 53.3 Å². The average molecular weight is 537 g/mol. The van der Waals surface area contributed by atoms with Crippen LogP contribution >= 0.6 is 11.6 Å². The summed E-state index contributed by atoms with van der Waals surface area (Å²) in [6, 6.07) is 9.58. The van der Waals surface area contributed by atoms with Gasteiger partial charge in [-0.1, -0.05) is 42.6 Å². The van der Waals surface area contributed by atoms with Crippen molar-refractivity contribution in [1.82, 2.24) is 30.1 Å². The number of halogens is 1. The van der Waals surface area contributed by atoms with Crippen LogP contribution in [-0.4, -0.2) is 80.8 Å². The van der Waals surface area contributed by atoms with Crippen LogP contribution in [0.15, 0.2) is 47.8 Å². The summed E-state index contributed by atoms with van der Waals surface area (Å²) >= 11 is 6.45. The fourth-order valence-electron chi connectivity index (χ4n) is 6.20. The van der Waals surface area contributed by atoms with Crippen molar-refractivity contribution < 1.29 is 9.59 Å². The van der Waals surface area contributed by atoms with Gasteiger partial charge in [0.25, 0.3) is 0 Å². The Labute approximate surface area is 227 Å². The predicted octanol–water partition coefficient (Wildman–Crippen LogP) is 2.66. The van der Waals surface area contributed by atoms with Crippen molar-refractivity contribution in [2.24, 2.45) is 11.0 Å². The van der Waals surface area contributed by atoms with E-state index in [1.165, 1.54) is 0 Å². The number of benzene rings is 1. The number of carbonyl (C=O) groups excluding carboxylic acids is 2. The maximum absolute atomic E-state index is 13.6. The number of hydrogen-bond donors (Lipinski definition) is 1. The van der Waals surface area contributed by atoms with Gasteiger partial charge in [-0.2, -0.15) is 5.10 Å². The van der Waals surface area contributed by atoms with Crippen LogP contribution < -0.4 is 10.3 Å². The van der Waals surface area contributed by atoms with Gasteiger partial charge in [-0.25, -0.2) is 9.97 Å². The topological polar surface area (TPSA) is 97.3 Å².